The van der Waals surface area contributed by atoms with Crippen molar-refractivity contribution >= 4 is 60.8 Å². The highest BCUT2D eigenvalue weighted by molar-refractivity contribution is 6.11. The fourth-order valence-electron chi connectivity index (χ4n) is 8.55. The molecule has 0 aliphatic rings. The molecule has 0 aliphatic carbocycles. The average Bonchev–Trinajstić information content (AvgIpc) is 3.84. The maximum Gasteiger partial charge on any atom is 0.143 e. The monoisotopic (exact) mass is 728 g/mol. The van der Waals surface area contributed by atoms with Crippen LogP contribution in [-0.2, 0) is 0 Å². The molecule has 9 aromatic carbocycles. The van der Waals surface area contributed by atoms with Crippen molar-refractivity contribution in [1.29, 1.82) is 0 Å². The van der Waals surface area contributed by atoms with Crippen LogP contribution in [0, 0.1) is 0 Å². The molecule has 0 fully saturated rings. The van der Waals surface area contributed by atoms with E-state index in [1.807, 2.05) is 12.1 Å². The first kappa shape index (κ1) is 32.8. The lowest BCUT2D eigenvalue weighted by Gasteiger charge is -2.26. The number of aromatic nitrogens is 1. The van der Waals surface area contributed by atoms with Gasteiger partial charge in [0.2, 0.25) is 0 Å². The molecule has 0 saturated carbocycles. The Balaban J connectivity index is 1.03. The van der Waals surface area contributed by atoms with Gasteiger partial charge >= 0.3 is 0 Å². The first-order valence-corrected chi connectivity index (χ1v) is 19.4. The molecular formula is C54H36N2O. The van der Waals surface area contributed by atoms with Crippen LogP contribution in [0.4, 0.5) is 17.1 Å². The van der Waals surface area contributed by atoms with Gasteiger partial charge in [0.15, 0.2) is 0 Å². The minimum Gasteiger partial charge on any atom is -0.455 e. The number of hydrogen-bond donors (Lipinski definition) is 0. The second kappa shape index (κ2) is 13.6. The van der Waals surface area contributed by atoms with E-state index >= 15 is 0 Å². The Bertz CT molecular complexity index is 3170. The van der Waals surface area contributed by atoms with Crippen LogP contribution in [-0.4, -0.2) is 4.57 Å². The molecule has 0 aliphatic heterocycles. The number of anilines is 3. The number of benzene rings is 9. The molecule has 0 bridgehead atoms. The molecule has 2 heterocycles. The first-order valence-electron chi connectivity index (χ1n) is 19.4. The quantitative estimate of drug-likeness (QED) is 0.163. The van der Waals surface area contributed by atoms with Crippen LogP contribution in [0.25, 0.3) is 82.8 Å². The number of fused-ring (bicyclic) bond motifs is 6. The third kappa shape index (κ3) is 5.60. The van der Waals surface area contributed by atoms with Gasteiger partial charge in [0.25, 0.3) is 0 Å². The summed E-state index contributed by atoms with van der Waals surface area (Å²) in [4.78, 5) is 2.35. The van der Waals surface area contributed by atoms with Gasteiger partial charge in [-0.05, 0) is 82.9 Å². The van der Waals surface area contributed by atoms with E-state index < -0.39 is 0 Å². The highest BCUT2D eigenvalue weighted by Gasteiger charge is 2.19. The van der Waals surface area contributed by atoms with Crippen LogP contribution < -0.4 is 4.90 Å². The topological polar surface area (TPSA) is 21.3 Å². The van der Waals surface area contributed by atoms with Gasteiger partial charge in [0.05, 0.1) is 16.7 Å². The van der Waals surface area contributed by atoms with E-state index in [1.54, 1.807) is 0 Å². The zero-order valence-electron chi connectivity index (χ0n) is 31.1. The Morgan fingerprint density at radius 2 is 0.860 bits per heavy atom. The Morgan fingerprint density at radius 3 is 1.60 bits per heavy atom. The Kier molecular flexibility index (Phi) is 7.82. The van der Waals surface area contributed by atoms with E-state index in [4.69, 9.17) is 4.42 Å². The van der Waals surface area contributed by atoms with Crippen LogP contribution in [0.5, 0.6) is 0 Å². The molecule has 11 aromatic rings. The summed E-state index contributed by atoms with van der Waals surface area (Å²) in [7, 11) is 0. The molecule has 0 unspecified atom stereocenters. The van der Waals surface area contributed by atoms with Crippen LogP contribution >= 0.6 is 0 Å². The van der Waals surface area contributed by atoms with Gasteiger partial charge in [-0.3, -0.25) is 0 Å². The normalized spacial score (nSPS) is 11.5. The fraction of sp³-hybridized carbons (Fsp3) is 0. The van der Waals surface area contributed by atoms with E-state index in [0.29, 0.717) is 0 Å². The fourth-order valence-corrected chi connectivity index (χ4v) is 8.55. The van der Waals surface area contributed by atoms with Gasteiger partial charge in [-0.25, -0.2) is 0 Å². The molecule has 0 radical (unpaired) electrons. The summed E-state index contributed by atoms with van der Waals surface area (Å²) < 4.78 is 8.89. The van der Waals surface area contributed by atoms with Crippen LogP contribution in [0.3, 0.4) is 0 Å². The molecule has 268 valence electrons. The molecule has 57 heavy (non-hydrogen) atoms. The largest absolute Gasteiger partial charge is 0.455 e. The van der Waals surface area contributed by atoms with Crippen molar-refractivity contribution in [2.24, 2.45) is 0 Å². The summed E-state index contributed by atoms with van der Waals surface area (Å²) in [5, 5.41) is 4.76. The molecule has 2 aromatic heterocycles. The zero-order chi connectivity index (χ0) is 37.7. The predicted octanol–water partition coefficient (Wildman–Crippen LogP) is 15.2. The van der Waals surface area contributed by atoms with E-state index in [1.165, 1.54) is 38.5 Å². The van der Waals surface area contributed by atoms with Crippen molar-refractivity contribution in [3.63, 3.8) is 0 Å². The molecule has 0 atom stereocenters. The zero-order valence-corrected chi connectivity index (χ0v) is 31.1. The Labute approximate surface area is 330 Å². The van der Waals surface area contributed by atoms with Crippen molar-refractivity contribution in [2.45, 2.75) is 0 Å². The number of furan rings is 1. The smallest absolute Gasteiger partial charge is 0.143 e. The second-order valence-corrected chi connectivity index (χ2v) is 14.5. The summed E-state index contributed by atoms with van der Waals surface area (Å²) in [6.07, 6.45) is 0. The van der Waals surface area contributed by atoms with Gasteiger partial charge in [-0.2, -0.15) is 0 Å². The molecule has 0 amide bonds. The molecule has 3 heteroatoms. The van der Waals surface area contributed by atoms with Crippen molar-refractivity contribution in [2.75, 3.05) is 4.90 Å². The maximum absolute atomic E-state index is 6.49. The number of nitrogens with zero attached hydrogens (tertiary/aromatic N) is 2. The maximum atomic E-state index is 6.49. The molecule has 0 saturated heterocycles. The molecular weight excluding hydrogens is 693 g/mol. The number of hydrogen-bond acceptors (Lipinski definition) is 2. The molecule has 0 N–H and O–H groups in total. The van der Waals surface area contributed by atoms with Crippen LogP contribution in [0.15, 0.2) is 223 Å². The summed E-state index contributed by atoms with van der Waals surface area (Å²) in [5.74, 6) is 0. The average molecular weight is 729 g/mol. The minimum absolute atomic E-state index is 0.899. The SMILES string of the molecule is c1ccc(-c2ccc(N(c3ccc(-c4ccccc4-n4c5ccccc5c5ccccc54)cc3)c3cccc(-c4cccc5c4oc4ccccc45)c3)cc2)cc1. The van der Waals surface area contributed by atoms with Gasteiger partial charge in [-0.15, -0.1) is 0 Å². The van der Waals surface area contributed by atoms with Crippen molar-refractivity contribution in [1.82, 2.24) is 4.57 Å². The van der Waals surface area contributed by atoms with E-state index in [2.05, 4.69) is 216 Å². The summed E-state index contributed by atoms with van der Waals surface area (Å²) in [5.41, 5.74) is 15.4. The van der Waals surface area contributed by atoms with E-state index in [-0.39, 0.29) is 0 Å². The lowest BCUT2D eigenvalue weighted by Crippen LogP contribution is -2.10. The van der Waals surface area contributed by atoms with Gasteiger partial charge < -0.3 is 13.9 Å². The lowest BCUT2D eigenvalue weighted by atomic mass is 10.0. The summed E-state index contributed by atoms with van der Waals surface area (Å²) in [6.45, 7) is 0. The molecule has 3 nitrogen and oxygen atoms in total. The lowest BCUT2D eigenvalue weighted by molar-refractivity contribution is 0.670. The Hall–Kier alpha value is -7.62. The van der Waals surface area contributed by atoms with Gasteiger partial charge in [0.1, 0.15) is 11.2 Å². The van der Waals surface area contributed by atoms with Crippen LogP contribution in [0.2, 0.25) is 0 Å². The predicted molar refractivity (Wildman–Crippen MR) is 239 cm³/mol. The third-order valence-electron chi connectivity index (χ3n) is 11.2. The van der Waals surface area contributed by atoms with Gasteiger partial charge in [0, 0.05) is 49.7 Å². The van der Waals surface area contributed by atoms with Crippen LogP contribution in [0.1, 0.15) is 0 Å². The standard InChI is InChI=1S/C54H36N2O/c1-2-14-37(15-3-1)38-28-32-41(33-29-38)55(43-17-12-16-40(36-43)45-22-13-23-49-48-21-7-11-27-53(48)57-54(45)49)42-34-30-39(31-35-42)44-18-4-8-24-50(44)56-51-25-9-5-19-46(51)47-20-6-10-26-52(47)56/h1-36H. The van der Waals surface area contributed by atoms with Crippen molar-refractivity contribution in [3.05, 3.63) is 218 Å². The van der Waals surface area contributed by atoms with Gasteiger partial charge in [-0.1, -0.05) is 158 Å². The van der Waals surface area contributed by atoms with Crippen molar-refractivity contribution < 1.29 is 4.42 Å². The number of rotatable bonds is 7. The third-order valence-corrected chi connectivity index (χ3v) is 11.2. The molecule has 0 spiro atoms. The Morgan fingerprint density at radius 1 is 0.333 bits per heavy atom. The first-order chi connectivity index (χ1) is 28.3. The second-order valence-electron chi connectivity index (χ2n) is 14.5. The highest BCUT2D eigenvalue weighted by Crippen LogP contribution is 2.42. The van der Waals surface area contributed by atoms with Crippen molar-refractivity contribution in [3.8, 4) is 39.1 Å². The minimum atomic E-state index is 0.899. The summed E-state index contributed by atoms with van der Waals surface area (Å²) in [6, 6.07) is 78.1. The summed E-state index contributed by atoms with van der Waals surface area (Å²) >= 11 is 0. The van der Waals surface area contributed by atoms with E-state index in [0.717, 1.165) is 61.4 Å². The molecule has 11 rings (SSSR count). The highest BCUT2D eigenvalue weighted by atomic mass is 16.3. The number of para-hydroxylation sites is 5. The van der Waals surface area contributed by atoms with E-state index in [9.17, 15) is 0 Å².